The maximum atomic E-state index is 12.6. The zero-order chi connectivity index (χ0) is 18.3. The second kappa shape index (κ2) is 6.01. The van der Waals surface area contributed by atoms with Crippen LogP contribution in [0.3, 0.4) is 0 Å². The molecule has 0 spiro atoms. The summed E-state index contributed by atoms with van der Waals surface area (Å²) in [7, 11) is 0. The fourth-order valence-corrected chi connectivity index (χ4v) is 3.01. The zero-order valence-electron chi connectivity index (χ0n) is 14.0. The van der Waals surface area contributed by atoms with Crippen molar-refractivity contribution < 1.29 is 23.9 Å². The van der Waals surface area contributed by atoms with E-state index in [1.165, 1.54) is 24.5 Å². The zero-order valence-corrected chi connectivity index (χ0v) is 14.0. The molecule has 0 aliphatic carbocycles. The molecule has 0 fully saturated rings. The molecular formula is C18H16N2O5. The van der Waals surface area contributed by atoms with Crippen molar-refractivity contribution >= 4 is 29.4 Å². The first-order chi connectivity index (χ1) is 11.9. The molecule has 2 heterocycles. The first-order valence-electron chi connectivity index (χ1n) is 7.76. The van der Waals surface area contributed by atoms with Crippen LogP contribution in [0, 0.1) is 0 Å². The predicted octanol–water partition coefficient (Wildman–Crippen LogP) is 2.10. The molecule has 0 radical (unpaired) electrons. The minimum absolute atomic E-state index is 0.00473. The molecule has 0 atom stereocenters. The molecule has 0 bridgehead atoms. The van der Waals surface area contributed by atoms with Gasteiger partial charge in [0, 0.05) is 19.4 Å². The molecule has 0 N–H and O–H groups in total. The Hall–Kier alpha value is -3.22. The lowest BCUT2D eigenvalue weighted by Crippen LogP contribution is -2.36. The first-order valence-corrected chi connectivity index (χ1v) is 7.76. The molecular weight excluding hydrogens is 324 g/mol. The van der Waals surface area contributed by atoms with Crippen molar-refractivity contribution in [3.8, 4) is 5.69 Å². The summed E-state index contributed by atoms with van der Waals surface area (Å²) in [6.07, 6.45) is 0. The quantitative estimate of drug-likeness (QED) is 0.682. The molecule has 0 saturated carbocycles. The minimum atomic E-state index is -0.697. The van der Waals surface area contributed by atoms with E-state index in [4.69, 9.17) is 4.74 Å². The van der Waals surface area contributed by atoms with Gasteiger partial charge in [-0.05, 0) is 25.1 Å². The van der Waals surface area contributed by atoms with E-state index in [0.717, 1.165) is 4.90 Å². The Balaban J connectivity index is 2.34. The van der Waals surface area contributed by atoms with Crippen LogP contribution in [0.5, 0.6) is 0 Å². The summed E-state index contributed by atoms with van der Waals surface area (Å²) < 4.78 is 6.49. The molecule has 1 aliphatic rings. The first kappa shape index (κ1) is 16.6. The summed E-state index contributed by atoms with van der Waals surface area (Å²) in [5.74, 6) is -2.06. The largest absolute Gasteiger partial charge is 0.462 e. The molecule has 25 heavy (non-hydrogen) atoms. The third-order valence-electron chi connectivity index (χ3n) is 3.93. The molecule has 2 amide bonds. The number of carbonyl (C=O) groups is 4. The third kappa shape index (κ3) is 2.44. The fourth-order valence-electron chi connectivity index (χ4n) is 3.01. The van der Waals surface area contributed by atoms with Crippen molar-refractivity contribution in [2.45, 2.75) is 20.8 Å². The van der Waals surface area contributed by atoms with Crippen LogP contribution in [0.15, 0.2) is 30.3 Å². The molecule has 7 nitrogen and oxygen atoms in total. The maximum absolute atomic E-state index is 12.6. The van der Waals surface area contributed by atoms with Gasteiger partial charge in [-0.3, -0.25) is 19.0 Å². The van der Waals surface area contributed by atoms with Gasteiger partial charge < -0.3 is 4.74 Å². The van der Waals surface area contributed by atoms with Crippen LogP contribution >= 0.6 is 0 Å². The Kier molecular flexibility index (Phi) is 4.00. The summed E-state index contributed by atoms with van der Waals surface area (Å²) in [5.41, 5.74) is 1.18. The third-order valence-corrected chi connectivity index (χ3v) is 3.93. The second-order valence-electron chi connectivity index (χ2n) is 5.54. The number of hydrogen-bond donors (Lipinski definition) is 0. The highest BCUT2D eigenvalue weighted by Crippen LogP contribution is 2.37. The van der Waals surface area contributed by atoms with E-state index in [2.05, 4.69) is 0 Å². The van der Waals surface area contributed by atoms with Crippen LogP contribution in [0.4, 0.5) is 5.82 Å². The normalized spacial score (nSPS) is 11.7. The van der Waals surface area contributed by atoms with Crippen LogP contribution in [0.1, 0.15) is 47.2 Å². The van der Waals surface area contributed by atoms with Gasteiger partial charge in [-0.25, -0.2) is 9.69 Å². The number of carbonyl (C=O) groups excluding carboxylic acids is 4. The monoisotopic (exact) mass is 340 g/mol. The van der Waals surface area contributed by atoms with Crippen molar-refractivity contribution in [1.82, 2.24) is 4.57 Å². The van der Waals surface area contributed by atoms with Gasteiger partial charge in [0.05, 0.1) is 18.0 Å². The highest BCUT2D eigenvalue weighted by Gasteiger charge is 2.37. The standard InChI is InChI=1S/C18H16N2O5/c1-4-25-18(24)13-9-15-16(23)12-7-5-6-8-14(12)20(15)17(13)19(10(2)21)11(3)22/h5-9H,4H2,1-3H3. The number of nitrogens with zero attached hydrogens (tertiary/aromatic N) is 2. The number of ether oxygens (including phenoxy) is 1. The smallest absolute Gasteiger partial charge is 0.341 e. The van der Waals surface area contributed by atoms with E-state index >= 15 is 0 Å². The van der Waals surface area contributed by atoms with Gasteiger partial charge in [-0.2, -0.15) is 0 Å². The highest BCUT2D eigenvalue weighted by atomic mass is 16.5. The predicted molar refractivity (Wildman–Crippen MR) is 89.0 cm³/mol. The highest BCUT2D eigenvalue weighted by molar-refractivity contribution is 6.21. The van der Waals surface area contributed by atoms with Gasteiger partial charge in [0.25, 0.3) is 0 Å². The molecule has 7 heteroatoms. The van der Waals surface area contributed by atoms with Gasteiger partial charge in [0.2, 0.25) is 17.6 Å². The number of amides is 2. The van der Waals surface area contributed by atoms with Crippen LogP contribution in [-0.4, -0.2) is 34.7 Å². The van der Waals surface area contributed by atoms with E-state index in [1.807, 2.05) is 0 Å². The van der Waals surface area contributed by atoms with E-state index in [9.17, 15) is 19.2 Å². The number of aromatic nitrogens is 1. The topological polar surface area (TPSA) is 85.7 Å². The Morgan fingerprint density at radius 3 is 2.36 bits per heavy atom. The molecule has 1 aliphatic heterocycles. The average Bonchev–Trinajstić information content (AvgIpc) is 3.05. The number of ketones is 1. The lowest BCUT2D eigenvalue weighted by molar-refractivity contribution is -0.124. The van der Waals surface area contributed by atoms with Crippen molar-refractivity contribution in [3.63, 3.8) is 0 Å². The Labute approximate surface area is 143 Å². The molecule has 0 unspecified atom stereocenters. The average molecular weight is 340 g/mol. The van der Waals surface area contributed by atoms with Gasteiger partial charge in [-0.1, -0.05) is 12.1 Å². The number of benzene rings is 1. The summed E-state index contributed by atoms with van der Waals surface area (Å²) in [5, 5.41) is 0. The van der Waals surface area contributed by atoms with Crippen LogP contribution in [0.25, 0.3) is 5.69 Å². The summed E-state index contributed by atoms with van der Waals surface area (Å²) in [4.78, 5) is 50.0. The van der Waals surface area contributed by atoms with E-state index < -0.39 is 17.8 Å². The number of imide groups is 1. The van der Waals surface area contributed by atoms with Crippen LogP contribution in [0.2, 0.25) is 0 Å². The van der Waals surface area contributed by atoms with Gasteiger partial charge in [-0.15, -0.1) is 0 Å². The van der Waals surface area contributed by atoms with Gasteiger partial charge >= 0.3 is 5.97 Å². The lowest BCUT2D eigenvalue weighted by Gasteiger charge is -2.20. The Bertz CT molecular complexity index is 912. The van der Waals surface area contributed by atoms with Crippen LogP contribution < -0.4 is 4.90 Å². The number of fused-ring (bicyclic) bond motifs is 3. The molecule has 0 saturated heterocycles. The number of para-hydroxylation sites is 1. The summed E-state index contributed by atoms with van der Waals surface area (Å²) in [6, 6.07) is 8.18. The lowest BCUT2D eigenvalue weighted by atomic mass is 10.1. The molecule has 1 aromatic heterocycles. The second-order valence-corrected chi connectivity index (χ2v) is 5.54. The number of rotatable bonds is 3. The number of esters is 1. The van der Waals surface area contributed by atoms with Crippen molar-refractivity contribution in [2.24, 2.45) is 0 Å². The van der Waals surface area contributed by atoms with E-state index in [0.29, 0.717) is 11.3 Å². The maximum Gasteiger partial charge on any atom is 0.341 e. The Morgan fingerprint density at radius 2 is 1.76 bits per heavy atom. The molecule has 2 aromatic rings. The van der Waals surface area contributed by atoms with Crippen molar-refractivity contribution in [3.05, 3.63) is 47.2 Å². The van der Waals surface area contributed by atoms with Crippen LogP contribution in [-0.2, 0) is 14.3 Å². The molecule has 128 valence electrons. The van der Waals surface area contributed by atoms with E-state index in [-0.39, 0.29) is 29.5 Å². The number of anilines is 1. The summed E-state index contributed by atoms with van der Waals surface area (Å²) in [6.45, 7) is 4.22. The van der Waals surface area contributed by atoms with Crippen molar-refractivity contribution in [2.75, 3.05) is 11.5 Å². The summed E-state index contributed by atoms with van der Waals surface area (Å²) >= 11 is 0. The minimum Gasteiger partial charge on any atom is -0.462 e. The van der Waals surface area contributed by atoms with Crippen molar-refractivity contribution in [1.29, 1.82) is 0 Å². The fraction of sp³-hybridized carbons (Fsp3) is 0.222. The Morgan fingerprint density at radius 1 is 1.12 bits per heavy atom. The molecule has 3 rings (SSSR count). The molecule has 1 aromatic carbocycles. The van der Waals surface area contributed by atoms with Gasteiger partial charge in [0.1, 0.15) is 11.4 Å². The SMILES string of the molecule is CCOC(=O)c1cc2n(c1N(C(C)=O)C(C)=O)-c1ccccc1C2=O. The van der Waals surface area contributed by atoms with Gasteiger partial charge in [0.15, 0.2) is 0 Å². The van der Waals surface area contributed by atoms with E-state index in [1.54, 1.807) is 31.2 Å². The number of hydrogen-bond acceptors (Lipinski definition) is 5.